The molecule has 0 radical (unpaired) electrons. The van der Waals surface area contributed by atoms with Crippen molar-refractivity contribution in [3.63, 3.8) is 0 Å². The number of para-hydroxylation sites is 1. The van der Waals surface area contributed by atoms with Crippen LogP contribution in [0.1, 0.15) is 11.4 Å². The Bertz CT molecular complexity index is 922. The predicted molar refractivity (Wildman–Crippen MR) is 97.9 cm³/mol. The Balaban J connectivity index is 1.64. The van der Waals surface area contributed by atoms with Gasteiger partial charge in [-0.3, -0.25) is 9.36 Å². The molecule has 1 atom stereocenters. The molecule has 1 heterocycles. The van der Waals surface area contributed by atoms with Crippen LogP contribution >= 0.6 is 11.6 Å². The van der Waals surface area contributed by atoms with E-state index in [0.29, 0.717) is 28.4 Å². The molecule has 2 aromatic carbocycles. The van der Waals surface area contributed by atoms with Crippen LogP contribution in [0.15, 0.2) is 53.3 Å². The fourth-order valence-electron chi connectivity index (χ4n) is 2.65. The maximum atomic E-state index is 12.6. The molecule has 3 rings (SSSR count). The molecule has 0 spiro atoms. The third-order valence-corrected chi connectivity index (χ3v) is 4.19. The minimum Gasteiger partial charge on any atom is -0.389 e. The maximum absolute atomic E-state index is 12.6. The summed E-state index contributed by atoms with van der Waals surface area (Å²) in [6.07, 6.45) is -0.799. The van der Waals surface area contributed by atoms with Crippen molar-refractivity contribution in [2.45, 2.75) is 26.2 Å². The topological polar surface area (TPSA) is 64.4 Å². The average molecular weight is 359 g/mol. The van der Waals surface area contributed by atoms with Gasteiger partial charge in [0.2, 0.25) is 0 Å². The number of aromatic nitrogens is 2. The van der Waals surface area contributed by atoms with Crippen molar-refractivity contribution in [1.82, 2.24) is 9.55 Å². The van der Waals surface area contributed by atoms with E-state index in [1.807, 2.05) is 18.2 Å². The van der Waals surface area contributed by atoms with Crippen molar-refractivity contribution < 1.29 is 9.84 Å². The number of hydrogen-bond donors (Lipinski definition) is 1. The summed E-state index contributed by atoms with van der Waals surface area (Å²) in [5, 5.41) is 11.4. The lowest BCUT2D eigenvalue weighted by molar-refractivity contribution is 0.0195. The zero-order valence-corrected chi connectivity index (χ0v) is 14.6. The number of fused-ring (bicyclic) bond motifs is 1. The van der Waals surface area contributed by atoms with E-state index in [1.54, 1.807) is 37.3 Å². The highest BCUT2D eigenvalue weighted by Gasteiger charge is 2.12. The lowest BCUT2D eigenvalue weighted by Gasteiger charge is -2.15. The molecule has 6 heteroatoms. The van der Waals surface area contributed by atoms with Crippen LogP contribution in [-0.2, 0) is 17.9 Å². The Hall–Kier alpha value is -2.21. The van der Waals surface area contributed by atoms with Crippen LogP contribution in [0.5, 0.6) is 0 Å². The van der Waals surface area contributed by atoms with Crippen molar-refractivity contribution in [2.75, 3.05) is 6.61 Å². The number of hydrogen-bond acceptors (Lipinski definition) is 4. The van der Waals surface area contributed by atoms with E-state index in [9.17, 15) is 9.90 Å². The van der Waals surface area contributed by atoms with Gasteiger partial charge in [0.1, 0.15) is 5.82 Å². The molecule has 0 amide bonds. The summed E-state index contributed by atoms with van der Waals surface area (Å²) in [5.41, 5.74) is 1.48. The van der Waals surface area contributed by atoms with Gasteiger partial charge >= 0.3 is 0 Å². The summed E-state index contributed by atoms with van der Waals surface area (Å²) in [4.78, 5) is 17.0. The SMILES string of the molecule is Cc1nc2ccccc2c(=O)n1C[C@H](O)COCc1ccc(Cl)cc1. The monoisotopic (exact) mass is 358 g/mol. The molecule has 0 saturated carbocycles. The average Bonchev–Trinajstić information content (AvgIpc) is 2.60. The van der Waals surface area contributed by atoms with Gasteiger partial charge in [-0.25, -0.2) is 4.98 Å². The van der Waals surface area contributed by atoms with E-state index < -0.39 is 6.10 Å². The Morgan fingerprint density at radius 2 is 1.92 bits per heavy atom. The Kier molecular flexibility index (Phi) is 5.48. The predicted octanol–water partition coefficient (Wildman–Crippen LogP) is 2.94. The summed E-state index contributed by atoms with van der Waals surface area (Å²) in [7, 11) is 0. The lowest BCUT2D eigenvalue weighted by Crippen LogP contribution is -2.31. The molecule has 0 saturated heterocycles. The maximum Gasteiger partial charge on any atom is 0.261 e. The van der Waals surface area contributed by atoms with Crippen LogP contribution < -0.4 is 5.56 Å². The van der Waals surface area contributed by atoms with Crippen molar-refractivity contribution in [2.24, 2.45) is 0 Å². The molecule has 0 unspecified atom stereocenters. The van der Waals surface area contributed by atoms with Gasteiger partial charge in [-0.05, 0) is 36.8 Å². The molecule has 0 aliphatic rings. The van der Waals surface area contributed by atoms with E-state index in [1.165, 1.54) is 4.57 Å². The second-order valence-electron chi connectivity index (χ2n) is 5.89. The van der Waals surface area contributed by atoms with Crippen LogP contribution in [0, 0.1) is 6.92 Å². The first-order valence-corrected chi connectivity index (χ1v) is 8.39. The Morgan fingerprint density at radius 1 is 1.20 bits per heavy atom. The van der Waals surface area contributed by atoms with E-state index in [4.69, 9.17) is 16.3 Å². The third-order valence-electron chi connectivity index (χ3n) is 3.94. The highest BCUT2D eigenvalue weighted by Crippen LogP contribution is 2.11. The Labute approximate surface area is 150 Å². The fraction of sp³-hybridized carbons (Fsp3) is 0.263. The van der Waals surface area contributed by atoms with Gasteiger partial charge in [-0.1, -0.05) is 35.9 Å². The standard InChI is InChI=1S/C19H19ClN2O3/c1-13-21-18-5-3-2-4-17(18)19(24)22(13)10-16(23)12-25-11-14-6-8-15(20)9-7-14/h2-9,16,23H,10-12H2,1H3/t16-/m0/s1. The molecule has 5 nitrogen and oxygen atoms in total. The van der Waals surface area contributed by atoms with Gasteiger partial charge in [0.25, 0.3) is 5.56 Å². The first-order valence-electron chi connectivity index (χ1n) is 8.01. The fourth-order valence-corrected chi connectivity index (χ4v) is 2.78. The molecule has 3 aromatic rings. The number of ether oxygens (including phenoxy) is 1. The molecular formula is C19H19ClN2O3. The number of nitrogens with zero attached hydrogens (tertiary/aromatic N) is 2. The minimum atomic E-state index is -0.799. The van der Waals surface area contributed by atoms with Crippen LogP contribution in [-0.4, -0.2) is 27.4 Å². The molecule has 1 N–H and O–H groups in total. The zero-order valence-electron chi connectivity index (χ0n) is 13.9. The van der Waals surface area contributed by atoms with Gasteiger partial charge in [-0.15, -0.1) is 0 Å². The van der Waals surface area contributed by atoms with Crippen molar-refractivity contribution in [1.29, 1.82) is 0 Å². The number of aryl methyl sites for hydroxylation is 1. The molecular weight excluding hydrogens is 340 g/mol. The van der Waals surface area contributed by atoms with E-state index in [0.717, 1.165) is 5.56 Å². The summed E-state index contributed by atoms with van der Waals surface area (Å²) >= 11 is 5.84. The van der Waals surface area contributed by atoms with Gasteiger partial charge in [0.15, 0.2) is 0 Å². The number of rotatable bonds is 6. The molecule has 0 aliphatic carbocycles. The number of aliphatic hydroxyl groups excluding tert-OH is 1. The number of aliphatic hydroxyl groups is 1. The molecule has 130 valence electrons. The summed E-state index contributed by atoms with van der Waals surface area (Å²) in [6.45, 7) is 2.40. The summed E-state index contributed by atoms with van der Waals surface area (Å²) < 4.78 is 7.02. The summed E-state index contributed by atoms with van der Waals surface area (Å²) in [6, 6.07) is 14.5. The number of benzene rings is 2. The Morgan fingerprint density at radius 3 is 2.68 bits per heavy atom. The summed E-state index contributed by atoms with van der Waals surface area (Å²) in [5.74, 6) is 0.570. The third kappa shape index (κ3) is 4.25. The smallest absolute Gasteiger partial charge is 0.261 e. The first-order chi connectivity index (χ1) is 12.0. The van der Waals surface area contributed by atoms with E-state index in [2.05, 4.69) is 4.98 Å². The van der Waals surface area contributed by atoms with Gasteiger partial charge in [0.05, 0.1) is 36.8 Å². The van der Waals surface area contributed by atoms with Crippen LogP contribution in [0.4, 0.5) is 0 Å². The normalized spacial score (nSPS) is 12.4. The second-order valence-corrected chi connectivity index (χ2v) is 6.32. The second kappa shape index (κ2) is 7.78. The van der Waals surface area contributed by atoms with E-state index in [-0.39, 0.29) is 18.7 Å². The van der Waals surface area contributed by atoms with Crippen LogP contribution in [0.2, 0.25) is 5.02 Å². The first kappa shape index (κ1) is 17.6. The molecule has 0 aliphatic heterocycles. The molecule has 0 bridgehead atoms. The lowest BCUT2D eigenvalue weighted by atomic mass is 10.2. The zero-order chi connectivity index (χ0) is 17.8. The molecule has 25 heavy (non-hydrogen) atoms. The van der Waals surface area contributed by atoms with Crippen molar-refractivity contribution >= 4 is 22.5 Å². The highest BCUT2D eigenvalue weighted by atomic mass is 35.5. The largest absolute Gasteiger partial charge is 0.389 e. The highest BCUT2D eigenvalue weighted by molar-refractivity contribution is 6.30. The minimum absolute atomic E-state index is 0.126. The molecule has 1 aromatic heterocycles. The quantitative estimate of drug-likeness (QED) is 0.735. The van der Waals surface area contributed by atoms with E-state index >= 15 is 0 Å². The van der Waals surface area contributed by atoms with Gasteiger partial charge in [0, 0.05) is 5.02 Å². The van der Waals surface area contributed by atoms with Crippen LogP contribution in [0.25, 0.3) is 10.9 Å². The molecule has 0 fully saturated rings. The van der Waals surface area contributed by atoms with Gasteiger partial charge < -0.3 is 9.84 Å². The van der Waals surface area contributed by atoms with Crippen molar-refractivity contribution in [3.05, 3.63) is 75.3 Å². The van der Waals surface area contributed by atoms with Crippen molar-refractivity contribution in [3.8, 4) is 0 Å². The van der Waals surface area contributed by atoms with Gasteiger partial charge in [-0.2, -0.15) is 0 Å². The van der Waals surface area contributed by atoms with Crippen LogP contribution in [0.3, 0.4) is 0 Å². The number of halogens is 1.